The first-order valence-corrected chi connectivity index (χ1v) is 9.75. The van der Waals surface area contributed by atoms with Crippen molar-refractivity contribution in [3.63, 3.8) is 0 Å². The van der Waals surface area contributed by atoms with Gasteiger partial charge in [-0.25, -0.2) is 4.98 Å². The van der Waals surface area contributed by atoms with Gasteiger partial charge in [-0.05, 0) is 43.2 Å². The Hall–Kier alpha value is -3.06. The van der Waals surface area contributed by atoms with Gasteiger partial charge in [0, 0.05) is 18.7 Å². The third-order valence-corrected chi connectivity index (χ3v) is 5.15. The minimum Gasteiger partial charge on any atom is -0.493 e. The number of rotatable bonds is 7. The Morgan fingerprint density at radius 2 is 2.03 bits per heavy atom. The van der Waals surface area contributed by atoms with Gasteiger partial charge in [-0.3, -0.25) is 4.79 Å². The summed E-state index contributed by atoms with van der Waals surface area (Å²) < 4.78 is 18.3. The number of carbonyl (C=O) groups is 1. The number of carbonyl (C=O) groups excluding carboxylic acids is 1. The van der Waals surface area contributed by atoms with E-state index in [4.69, 9.17) is 19.2 Å². The largest absolute Gasteiger partial charge is 0.493 e. The van der Waals surface area contributed by atoms with Gasteiger partial charge < -0.3 is 24.1 Å². The molecule has 0 radical (unpaired) electrons. The Labute approximate surface area is 169 Å². The van der Waals surface area contributed by atoms with Gasteiger partial charge in [-0.2, -0.15) is 0 Å². The second-order valence-corrected chi connectivity index (χ2v) is 7.02. The van der Waals surface area contributed by atoms with E-state index in [1.54, 1.807) is 14.2 Å². The minimum atomic E-state index is -0.0645. The number of imidazole rings is 1. The molecular formula is C22H25N3O4. The Morgan fingerprint density at radius 1 is 1.21 bits per heavy atom. The highest BCUT2D eigenvalue weighted by Crippen LogP contribution is 2.33. The molecule has 1 aliphatic heterocycles. The lowest BCUT2D eigenvalue weighted by Gasteiger charge is -2.14. The van der Waals surface area contributed by atoms with E-state index in [9.17, 15) is 4.79 Å². The molecule has 0 bridgehead atoms. The molecule has 2 aromatic carbocycles. The van der Waals surface area contributed by atoms with Gasteiger partial charge >= 0.3 is 0 Å². The van der Waals surface area contributed by atoms with Gasteiger partial charge in [-0.15, -0.1) is 0 Å². The number of methoxy groups -OCH3 is 2. The number of para-hydroxylation sites is 2. The normalized spacial score (nSPS) is 16.1. The molecular weight excluding hydrogens is 370 g/mol. The standard InChI is InChI=1S/C22H25N3O4/c1-27-19-10-9-15(12-20(19)28-2)22-24-17-7-3-4-8-18(17)25(22)14-21(26)23-13-16-6-5-11-29-16/h3-4,7-10,12,16H,5-6,11,13-14H2,1-2H3,(H,23,26). The Kier molecular flexibility index (Phi) is 5.67. The van der Waals surface area contributed by atoms with Crippen molar-refractivity contribution in [3.05, 3.63) is 42.5 Å². The lowest BCUT2D eigenvalue weighted by Crippen LogP contribution is -2.34. The molecule has 1 aromatic heterocycles. The van der Waals surface area contributed by atoms with E-state index in [0.717, 1.165) is 36.0 Å². The molecule has 1 aliphatic rings. The third-order valence-electron chi connectivity index (χ3n) is 5.15. The predicted molar refractivity (Wildman–Crippen MR) is 110 cm³/mol. The van der Waals surface area contributed by atoms with E-state index in [1.165, 1.54) is 0 Å². The van der Waals surface area contributed by atoms with Crippen molar-refractivity contribution in [2.75, 3.05) is 27.4 Å². The fourth-order valence-corrected chi connectivity index (χ4v) is 3.66. The van der Waals surface area contributed by atoms with Crippen LogP contribution in [-0.4, -0.2) is 48.9 Å². The summed E-state index contributed by atoms with van der Waals surface area (Å²) in [4.78, 5) is 17.4. The summed E-state index contributed by atoms with van der Waals surface area (Å²) in [5.41, 5.74) is 2.60. The molecule has 1 N–H and O–H groups in total. The van der Waals surface area contributed by atoms with Gasteiger partial charge in [-0.1, -0.05) is 12.1 Å². The maximum absolute atomic E-state index is 12.7. The first kappa shape index (κ1) is 19.3. The number of aromatic nitrogens is 2. The summed E-state index contributed by atoms with van der Waals surface area (Å²) in [5, 5.41) is 2.99. The number of benzene rings is 2. The molecule has 152 valence electrons. The number of hydrogen-bond acceptors (Lipinski definition) is 5. The van der Waals surface area contributed by atoms with Crippen molar-refractivity contribution in [1.82, 2.24) is 14.9 Å². The average molecular weight is 395 g/mol. The fraction of sp³-hybridized carbons (Fsp3) is 0.364. The molecule has 1 unspecified atom stereocenters. The van der Waals surface area contributed by atoms with Crippen LogP contribution in [0.4, 0.5) is 0 Å². The second-order valence-electron chi connectivity index (χ2n) is 7.02. The summed E-state index contributed by atoms with van der Waals surface area (Å²) in [5.74, 6) is 1.91. The lowest BCUT2D eigenvalue weighted by molar-refractivity contribution is -0.122. The highest BCUT2D eigenvalue weighted by atomic mass is 16.5. The van der Waals surface area contributed by atoms with Gasteiger partial charge in [0.05, 0.1) is 31.4 Å². The topological polar surface area (TPSA) is 74.6 Å². The molecule has 1 amide bonds. The van der Waals surface area contributed by atoms with E-state index in [0.29, 0.717) is 23.9 Å². The minimum absolute atomic E-state index is 0.0645. The zero-order valence-corrected chi connectivity index (χ0v) is 16.7. The Bertz CT molecular complexity index is 1010. The average Bonchev–Trinajstić information content (AvgIpc) is 3.40. The van der Waals surface area contributed by atoms with Crippen LogP contribution in [0.15, 0.2) is 42.5 Å². The maximum Gasteiger partial charge on any atom is 0.240 e. The Morgan fingerprint density at radius 3 is 2.79 bits per heavy atom. The van der Waals surface area contributed by atoms with Crippen molar-refractivity contribution < 1.29 is 19.0 Å². The van der Waals surface area contributed by atoms with Crippen LogP contribution in [0, 0.1) is 0 Å². The SMILES string of the molecule is COc1ccc(-c2nc3ccccc3n2CC(=O)NCC2CCCO2)cc1OC. The summed E-state index contributed by atoms with van der Waals surface area (Å²) >= 11 is 0. The number of fused-ring (bicyclic) bond motifs is 1. The highest BCUT2D eigenvalue weighted by molar-refractivity contribution is 5.84. The van der Waals surface area contributed by atoms with E-state index in [2.05, 4.69) is 5.32 Å². The molecule has 4 rings (SSSR count). The molecule has 0 saturated carbocycles. The molecule has 7 nitrogen and oxygen atoms in total. The highest BCUT2D eigenvalue weighted by Gasteiger charge is 2.19. The van der Waals surface area contributed by atoms with Crippen LogP contribution < -0.4 is 14.8 Å². The molecule has 2 heterocycles. The van der Waals surface area contributed by atoms with Gasteiger partial charge in [0.1, 0.15) is 12.4 Å². The van der Waals surface area contributed by atoms with Crippen LogP contribution in [-0.2, 0) is 16.1 Å². The van der Waals surface area contributed by atoms with Gasteiger partial charge in [0.15, 0.2) is 11.5 Å². The monoisotopic (exact) mass is 395 g/mol. The number of hydrogen-bond donors (Lipinski definition) is 1. The molecule has 0 aliphatic carbocycles. The summed E-state index contributed by atoms with van der Waals surface area (Å²) in [6, 6.07) is 13.4. The first-order chi connectivity index (χ1) is 14.2. The van der Waals surface area contributed by atoms with Crippen LogP contribution in [0.25, 0.3) is 22.4 Å². The fourth-order valence-electron chi connectivity index (χ4n) is 3.66. The second kappa shape index (κ2) is 8.53. The molecule has 1 fully saturated rings. The van der Waals surface area contributed by atoms with Crippen molar-refractivity contribution in [2.24, 2.45) is 0 Å². The van der Waals surface area contributed by atoms with Crippen LogP contribution in [0.5, 0.6) is 11.5 Å². The van der Waals surface area contributed by atoms with Crippen LogP contribution >= 0.6 is 0 Å². The smallest absolute Gasteiger partial charge is 0.240 e. The number of nitrogens with one attached hydrogen (secondary N) is 1. The lowest BCUT2D eigenvalue weighted by atomic mass is 10.2. The zero-order valence-electron chi connectivity index (χ0n) is 16.7. The molecule has 1 atom stereocenters. The maximum atomic E-state index is 12.7. The summed E-state index contributed by atoms with van der Waals surface area (Å²) in [6.07, 6.45) is 2.16. The van der Waals surface area contributed by atoms with Gasteiger partial charge in [0.2, 0.25) is 5.91 Å². The molecule has 29 heavy (non-hydrogen) atoms. The van der Waals surface area contributed by atoms with Crippen LogP contribution in [0.3, 0.4) is 0 Å². The first-order valence-electron chi connectivity index (χ1n) is 9.75. The molecule has 7 heteroatoms. The van der Waals surface area contributed by atoms with Crippen molar-refractivity contribution in [1.29, 1.82) is 0 Å². The van der Waals surface area contributed by atoms with E-state index in [1.807, 2.05) is 47.0 Å². The van der Waals surface area contributed by atoms with Crippen molar-refractivity contribution in [3.8, 4) is 22.9 Å². The summed E-state index contributed by atoms with van der Waals surface area (Å²) in [7, 11) is 3.20. The van der Waals surface area contributed by atoms with E-state index < -0.39 is 0 Å². The van der Waals surface area contributed by atoms with E-state index in [-0.39, 0.29) is 18.6 Å². The third kappa shape index (κ3) is 4.05. The van der Waals surface area contributed by atoms with E-state index >= 15 is 0 Å². The number of ether oxygens (including phenoxy) is 3. The molecule has 3 aromatic rings. The molecule has 1 saturated heterocycles. The van der Waals surface area contributed by atoms with Crippen molar-refractivity contribution >= 4 is 16.9 Å². The zero-order chi connectivity index (χ0) is 20.2. The van der Waals surface area contributed by atoms with Gasteiger partial charge in [0.25, 0.3) is 0 Å². The van der Waals surface area contributed by atoms with Crippen molar-refractivity contribution in [2.45, 2.75) is 25.5 Å². The number of amides is 1. The predicted octanol–water partition coefficient (Wildman–Crippen LogP) is 3.02. The Balaban J connectivity index is 1.65. The molecule has 0 spiro atoms. The number of nitrogens with zero attached hydrogens (tertiary/aromatic N) is 2. The summed E-state index contributed by atoms with van der Waals surface area (Å²) in [6.45, 7) is 1.49. The van der Waals surface area contributed by atoms with Crippen LogP contribution in [0.2, 0.25) is 0 Å². The quantitative estimate of drug-likeness (QED) is 0.666. The van der Waals surface area contributed by atoms with Crippen LogP contribution in [0.1, 0.15) is 12.8 Å².